The van der Waals surface area contributed by atoms with Gasteiger partial charge in [0.1, 0.15) is 0 Å². The number of hydrogen-bond acceptors (Lipinski definition) is 2. The third-order valence-electron chi connectivity index (χ3n) is 2.83. The summed E-state index contributed by atoms with van der Waals surface area (Å²) in [5.41, 5.74) is 2.86. The predicted molar refractivity (Wildman–Crippen MR) is 65.1 cm³/mol. The largest absolute Gasteiger partial charge is 0.271 e. The lowest BCUT2D eigenvalue weighted by Gasteiger charge is -2.17. The average molecular weight is 242 g/mol. The molecule has 0 fully saturated rings. The van der Waals surface area contributed by atoms with Crippen molar-refractivity contribution in [1.82, 2.24) is 5.43 Å². The molecule has 1 unspecified atom stereocenters. The monoisotopic (exact) mass is 242 g/mol. The first kappa shape index (κ1) is 14.1. The smallest absolute Gasteiger partial charge is 0.163 e. The summed E-state index contributed by atoms with van der Waals surface area (Å²) in [6.45, 7) is 4.27. The highest BCUT2D eigenvalue weighted by atomic mass is 19.2. The summed E-state index contributed by atoms with van der Waals surface area (Å²) in [5.74, 6) is 4.37. The van der Waals surface area contributed by atoms with E-state index in [0.29, 0.717) is 17.9 Å². The van der Waals surface area contributed by atoms with Gasteiger partial charge in [0, 0.05) is 11.6 Å². The van der Waals surface area contributed by atoms with E-state index in [0.717, 1.165) is 18.9 Å². The van der Waals surface area contributed by atoms with Gasteiger partial charge in [-0.1, -0.05) is 38.8 Å². The fourth-order valence-corrected chi connectivity index (χ4v) is 1.85. The van der Waals surface area contributed by atoms with Gasteiger partial charge in [-0.25, -0.2) is 8.78 Å². The molecule has 1 aromatic rings. The van der Waals surface area contributed by atoms with Crippen LogP contribution < -0.4 is 11.3 Å². The van der Waals surface area contributed by atoms with E-state index in [-0.39, 0.29) is 6.04 Å². The maximum Gasteiger partial charge on any atom is 0.163 e. The van der Waals surface area contributed by atoms with Gasteiger partial charge in [0.15, 0.2) is 11.6 Å². The van der Waals surface area contributed by atoms with Crippen molar-refractivity contribution in [2.75, 3.05) is 0 Å². The van der Waals surface area contributed by atoms with Gasteiger partial charge >= 0.3 is 0 Å². The molecular formula is C13H20F2N2. The maximum atomic E-state index is 13.6. The van der Waals surface area contributed by atoms with E-state index in [4.69, 9.17) is 5.84 Å². The van der Waals surface area contributed by atoms with Crippen LogP contribution in [-0.4, -0.2) is 0 Å². The Kier molecular flexibility index (Phi) is 5.51. The third-order valence-corrected chi connectivity index (χ3v) is 2.83. The summed E-state index contributed by atoms with van der Waals surface area (Å²) in [4.78, 5) is 0. The highest BCUT2D eigenvalue weighted by molar-refractivity contribution is 5.22. The standard InChI is InChI=1S/C13H20F2N2/c1-9(2)5-3-8-12(17-16)10-6-4-7-11(14)13(10)15/h4,6-7,9,12,17H,3,5,8,16H2,1-2H3. The zero-order chi connectivity index (χ0) is 12.8. The number of rotatable bonds is 6. The fraction of sp³-hybridized carbons (Fsp3) is 0.538. The normalized spacial score (nSPS) is 13.1. The first-order valence-corrected chi connectivity index (χ1v) is 5.96. The van der Waals surface area contributed by atoms with Crippen LogP contribution in [0.25, 0.3) is 0 Å². The zero-order valence-corrected chi connectivity index (χ0v) is 10.3. The fourth-order valence-electron chi connectivity index (χ4n) is 1.85. The highest BCUT2D eigenvalue weighted by Crippen LogP contribution is 2.23. The number of halogens is 2. The molecule has 1 aromatic carbocycles. The molecule has 0 heterocycles. The lowest BCUT2D eigenvalue weighted by Crippen LogP contribution is -2.29. The molecule has 0 amide bonds. The van der Waals surface area contributed by atoms with Crippen molar-refractivity contribution in [3.05, 3.63) is 35.4 Å². The Morgan fingerprint density at radius 2 is 1.94 bits per heavy atom. The molecular weight excluding hydrogens is 222 g/mol. The number of hydrogen-bond donors (Lipinski definition) is 2. The van der Waals surface area contributed by atoms with Crippen LogP contribution in [0.2, 0.25) is 0 Å². The van der Waals surface area contributed by atoms with Gasteiger partial charge in [0.05, 0.1) is 0 Å². The van der Waals surface area contributed by atoms with Gasteiger partial charge in [-0.15, -0.1) is 0 Å². The summed E-state index contributed by atoms with van der Waals surface area (Å²) in [6, 6.07) is 3.85. The van der Waals surface area contributed by atoms with Crippen molar-refractivity contribution in [1.29, 1.82) is 0 Å². The van der Waals surface area contributed by atoms with Crippen LogP contribution in [0.4, 0.5) is 8.78 Å². The Morgan fingerprint density at radius 1 is 1.24 bits per heavy atom. The zero-order valence-electron chi connectivity index (χ0n) is 10.3. The lowest BCUT2D eigenvalue weighted by atomic mass is 9.98. The van der Waals surface area contributed by atoms with Crippen molar-refractivity contribution in [3.8, 4) is 0 Å². The van der Waals surface area contributed by atoms with E-state index in [2.05, 4.69) is 19.3 Å². The molecule has 4 heteroatoms. The van der Waals surface area contributed by atoms with E-state index in [9.17, 15) is 8.78 Å². The molecule has 0 saturated carbocycles. The molecule has 2 nitrogen and oxygen atoms in total. The molecule has 0 aliphatic rings. The minimum Gasteiger partial charge on any atom is -0.271 e. The van der Waals surface area contributed by atoms with E-state index in [1.807, 2.05) is 0 Å². The molecule has 96 valence electrons. The Bertz CT molecular complexity index is 353. The Hall–Kier alpha value is -1.00. The molecule has 0 spiro atoms. The van der Waals surface area contributed by atoms with Crippen LogP contribution in [-0.2, 0) is 0 Å². The second-order valence-corrected chi connectivity index (χ2v) is 4.69. The van der Waals surface area contributed by atoms with Gasteiger partial charge in [-0.2, -0.15) is 0 Å². The molecule has 1 atom stereocenters. The van der Waals surface area contributed by atoms with Crippen LogP contribution in [0.1, 0.15) is 44.7 Å². The van der Waals surface area contributed by atoms with Crippen molar-refractivity contribution >= 4 is 0 Å². The third kappa shape index (κ3) is 4.06. The first-order chi connectivity index (χ1) is 8.06. The number of nitrogens with two attached hydrogens (primary N) is 1. The van der Waals surface area contributed by atoms with Crippen LogP contribution in [0.3, 0.4) is 0 Å². The van der Waals surface area contributed by atoms with Crippen LogP contribution in [0.15, 0.2) is 18.2 Å². The molecule has 0 aliphatic carbocycles. The van der Waals surface area contributed by atoms with E-state index >= 15 is 0 Å². The maximum absolute atomic E-state index is 13.6. The molecule has 0 radical (unpaired) electrons. The summed E-state index contributed by atoms with van der Waals surface area (Å²) < 4.78 is 26.6. The number of hydrazine groups is 1. The summed E-state index contributed by atoms with van der Waals surface area (Å²) in [6.07, 6.45) is 2.69. The van der Waals surface area contributed by atoms with Gasteiger partial charge < -0.3 is 0 Å². The molecule has 0 aromatic heterocycles. The second kappa shape index (κ2) is 6.67. The molecule has 0 aliphatic heterocycles. The molecule has 0 saturated heterocycles. The highest BCUT2D eigenvalue weighted by Gasteiger charge is 2.16. The van der Waals surface area contributed by atoms with Crippen molar-refractivity contribution in [3.63, 3.8) is 0 Å². The Labute approximate surface area is 101 Å². The van der Waals surface area contributed by atoms with Gasteiger partial charge in [-0.3, -0.25) is 11.3 Å². The summed E-state index contributed by atoms with van der Waals surface area (Å²) in [5, 5.41) is 0. The minimum absolute atomic E-state index is 0.302. The number of nitrogens with one attached hydrogen (secondary N) is 1. The van der Waals surface area contributed by atoms with E-state index < -0.39 is 11.6 Å². The van der Waals surface area contributed by atoms with Crippen molar-refractivity contribution in [2.45, 2.75) is 39.2 Å². The first-order valence-electron chi connectivity index (χ1n) is 5.96. The average Bonchev–Trinajstić information content (AvgIpc) is 2.28. The summed E-state index contributed by atoms with van der Waals surface area (Å²) in [7, 11) is 0. The van der Waals surface area contributed by atoms with E-state index in [1.165, 1.54) is 6.07 Å². The predicted octanol–water partition coefficient (Wildman–Crippen LogP) is 3.30. The summed E-state index contributed by atoms with van der Waals surface area (Å²) >= 11 is 0. The molecule has 17 heavy (non-hydrogen) atoms. The van der Waals surface area contributed by atoms with Crippen LogP contribution in [0.5, 0.6) is 0 Å². The van der Waals surface area contributed by atoms with E-state index in [1.54, 1.807) is 6.07 Å². The quantitative estimate of drug-likeness (QED) is 0.593. The lowest BCUT2D eigenvalue weighted by molar-refractivity contribution is 0.426. The SMILES string of the molecule is CC(C)CCCC(NN)c1cccc(F)c1F. The Morgan fingerprint density at radius 3 is 2.53 bits per heavy atom. The minimum atomic E-state index is -0.827. The van der Waals surface area contributed by atoms with Crippen molar-refractivity contribution < 1.29 is 8.78 Å². The second-order valence-electron chi connectivity index (χ2n) is 4.69. The van der Waals surface area contributed by atoms with Crippen LogP contribution in [0, 0.1) is 17.6 Å². The van der Waals surface area contributed by atoms with Gasteiger partial charge in [0.2, 0.25) is 0 Å². The molecule has 0 bridgehead atoms. The molecule has 3 N–H and O–H groups in total. The van der Waals surface area contributed by atoms with Crippen LogP contribution >= 0.6 is 0 Å². The topological polar surface area (TPSA) is 38.0 Å². The van der Waals surface area contributed by atoms with Gasteiger partial charge in [0.25, 0.3) is 0 Å². The Balaban J connectivity index is 2.69. The van der Waals surface area contributed by atoms with Crippen molar-refractivity contribution in [2.24, 2.45) is 11.8 Å². The molecule has 1 rings (SSSR count). The van der Waals surface area contributed by atoms with Gasteiger partial charge in [-0.05, 0) is 18.4 Å². The number of benzene rings is 1.